The molecule has 126 valence electrons. The van der Waals surface area contributed by atoms with Gasteiger partial charge in [0.25, 0.3) is 0 Å². The van der Waals surface area contributed by atoms with Crippen LogP contribution in [0.1, 0.15) is 39.3 Å². The number of aromatic nitrogens is 3. The highest BCUT2D eigenvalue weighted by Crippen LogP contribution is 2.28. The molecule has 24 heavy (non-hydrogen) atoms. The minimum Gasteiger partial charge on any atom is -0.598 e. The third kappa shape index (κ3) is 3.45. The summed E-state index contributed by atoms with van der Waals surface area (Å²) < 4.78 is 17.1. The van der Waals surface area contributed by atoms with E-state index in [0.29, 0.717) is 0 Å². The summed E-state index contributed by atoms with van der Waals surface area (Å²) >= 11 is -1.16. The number of nitrogens with zero attached hydrogens (tertiary/aromatic N) is 3. The molecule has 5 nitrogen and oxygen atoms in total. The topological polar surface area (TPSA) is 65.3 Å². The van der Waals surface area contributed by atoms with Gasteiger partial charge < -0.3 is 4.55 Å². The quantitative estimate of drug-likeness (QED) is 0.737. The molecule has 2 aromatic heterocycles. The van der Waals surface area contributed by atoms with Gasteiger partial charge in [0.2, 0.25) is 0 Å². The van der Waals surface area contributed by atoms with E-state index in [1.807, 2.05) is 70.3 Å². The molecule has 1 unspecified atom stereocenters. The molecule has 0 aliphatic carbocycles. The first kappa shape index (κ1) is 17.0. The average molecular weight is 342 g/mol. The monoisotopic (exact) mass is 342 g/mol. The van der Waals surface area contributed by atoms with Gasteiger partial charge in [0.1, 0.15) is 4.75 Å². The summed E-state index contributed by atoms with van der Waals surface area (Å²) in [7, 11) is 0. The van der Waals surface area contributed by atoms with E-state index in [1.54, 1.807) is 10.7 Å². The Morgan fingerprint density at radius 2 is 1.92 bits per heavy atom. The molecule has 0 radical (unpaired) electrons. The molecule has 0 amide bonds. The number of nitrogens with one attached hydrogen (secondary N) is 1. The van der Waals surface area contributed by atoms with Crippen molar-refractivity contribution in [3.63, 3.8) is 0 Å². The van der Waals surface area contributed by atoms with Gasteiger partial charge in [0.15, 0.2) is 5.65 Å². The van der Waals surface area contributed by atoms with Crippen LogP contribution in [0.2, 0.25) is 0 Å². The predicted octanol–water partition coefficient (Wildman–Crippen LogP) is 3.51. The van der Waals surface area contributed by atoms with Crippen LogP contribution in [0.3, 0.4) is 0 Å². The zero-order valence-corrected chi connectivity index (χ0v) is 15.2. The smallest absolute Gasteiger partial charge is 0.153 e. The maximum absolute atomic E-state index is 12.5. The van der Waals surface area contributed by atoms with Crippen LogP contribution in [0.25, 0.3) is 16.9 Å². The Hall–Kier alpha value is -1.89. The first-order chi connectivity index (χ1) is 11.4. The van der Waals surface area contributed by atoms with Crippen LogP contribution in [0.15, 0.2) is 48.8 Å². The number of imidazole rings is 1. The lowest BCUT2D eigenvalue weighted by molar-refractivity contribution is 0.531. The highest BCUT2D eigenvalue weighted by atomic mass is 32.2. The number of rotatable bonds is 4. The second-order valence-electron chi connectivity index (χ2n) is 6.76. The Morgan fingerprint density at radius 1 is 1.21 bits per heavy atom. The maximum Gasteiger partial charge on any atom is 0.153 e. The fraction of sp³-hybridized carbons (Fsp3) is 0.333. The van der Waals surface area contributed by atoms with Crippen molar-refractivity contribution < 1.29 is 4.55 Å². The number of hydrogen-bond donors (Lipinski definition) is 1. The summed E-state index contributed by atoms with van der Waals surface area (Å²) in [6.07, 6.45) is 3.56. The summed E-state index contributed by atoms with van der Waals surface area (Å²) in [4.78, 5) is 4.32. The average Bonchev–Trinajstić information content (AvgIpc) is 3.01. The van der Waals surface area contributed by atoms with Crippen molar-refractivity contribution >= 4 is 17.0 Å². The lowest BCUT2D eigenvalue weighted by atomic mass is 10.0. The summed E-state index contributed by atoms with van der Waals surface area (Å²) in [6.45, 7) is 7.87. The molecule has 0 aliphatic heterocycles. The Labute approximate surface area is 145 Å². The third-order valence-corrected chi connectivity index (χ3v) is 5.45. The number of hydrogen-bond acceptors (Lipinski definition) is 4. The molecule has 2 heterocycles. The van der Waals surface area contributed by atoms with Crippen LogP contribution in [-0.2, 0) is 11.4 Å². The molecule has 2 atom stereocenters. The second-order valence-corrected chi connectivity index (χ2v) is 8.76. The van der Waals surface area contributed by atoms with Gasteiger partial charge in [0, 0.05) is 34.9 Å². The van der Waals surface area contributed by atoms with E-state index in [9.17, 15) is 4.55 Å². The van der Waals surface area contributed by atoms with Gasteiger partial charge in [-0.05, 0) is 33.8 Å². The molecule has 1 aromatic carbocycles. The van der Waals surface area contributed by atoms with Gasteiger partial charge in [-0.25, -0.2) is 9.50 Å². The van der Waals surface area contributed by atoms with Gasteiger partial charge in [-0.15, -0.1) is 4.72 Å². The molecule has 0 bridgehead atoms. The summed E-state index contributed by atoms with van der Waals surface area (Å²) in [5.74, 6) is 0. The molecule has 3 aromatic rings. The lowest BCUT2D eigenvalue weighted by Crippen LogP contribution is -2.40. The van der Waals surface area contributed by atoms with E-state index in [-0.39, 0.29) is 10.8 Å². The minimum atomic E-state index is -1.16. The fourth-order valence-corrected chi connectivity index (χ4v) is 3.22. The van der Waals surface area contributed by atoms with Crippen molar-refractivity contribution in [1.29, 1.82) is 0 Å². The predicted molar refractivity (Wildman–Crippen MR) is 97.9 cm³/mol. The fourth-order valence-electron chi connectivity index (χ4n) is 2.42. The molecule has 0 saturated heterocycles. The molecule has 0 spiro atoms. The van der Waals surface area contributed by atoms with E-state index in [1.165, 1.54) is 0 Å². The minimum absolute atomic E-state index is 0.116. The van der Waals surface area contributed by atoms with Crippen LogP contribution in [-0.4, -0.2) is 23.9 Å². The zero-order valence-electron chi connectivity index (χ0n) is 14.4. The van der Waals surface area contributed by atoms with Crippen LogP contribution >= 0.6 is 0 Å². The Balaban J connectivity index is 2.05. The van der Waals surface area contributed by atoms with Crippen molar-refractivity contribution in [1.82, 2.24) is 19.3 Å². The summed E-state index contributed by atoms with van der Waals surface area (Å²) in [5.41, 5.74) is 3.66. The van der Waals surface area contributed by atoms with Gasteiger partial charge >= 0.3 is 0 Å². The molecular formula is C18H22N4OS. The van der Waals surface area contributed by atoms with Crippen molar-refractivity contribution in [2.75, 3.05) is 0 Å². The molecule has 0 saturated carbocycles. The number of benzene rings is 1. The van der Waals surface area contributed by atoms with E-state index in [4.69, 9.17) is 5.10 Å². The Kier molecular flexibility index (Phi) is 4.62. The van der Waals surface area contributed by atoms with Crippen molar-refractivity contribution in [3.8, 4) is 11.3 Å². The normalized spacial score (nSPS) is 14.7. The molecular weight excluding hydrogens is 320 g/mol. The first-order valence-electron chi connectivity index (χ1n) is 7.94. The van der Waals surface area contributed by atoms with Crippen molar-refractivity contribution in [3.05, 3.63) is 54.4 Å². The molecule has 1 N–H and O–H groups in total. The van der Waals surface area contributed by atoms with Gasteiger partial charge in [-0.3, -0.25) is 0 Å². The van der Waals surface area contributed by atoms with E-state index < -0.39 is 11.4 Å². The van der Waals surface area contributed by atoms with Crippen LogP contribution < -0.4 is 4.72 Å². The largest absolute Gasteiger partial charge is 0.598 e. The summed E-state index contributed by atoms with van der Waals surface area (Å²) in [6, 6.07) is 11.9. The second kappa shape index (κ2) is 6.55. The van der Waals surface area contributed by atoms with Gasteiger partial charge in [0.05, 0.1) is 11.7 Å². The van der Waals surface area contributed by atoms with E-state index in [0.717, 1.165) is 22.5 Å². The first-order valence-corrected chi connectivity index (χ1v) is 9.09. The highest BCUT2D eigenvalue weighted by Gasteiger charge is 2.29. The lowest BCUT2D eigenvalue weighted by Gasteiger charge is -2.27. The zero-order chi connectivity index (χ0) is 17.3. The van der Waals surface area contributed by atoms with E-state index in [2.05, 4.69) is 9.71 Å². The highest BCUT2D eigenvalue weighted by molar-refractivity contribution is 7.90. The molecule has 6 heteroatoms. The third-order valence-electron chi connectivity index (χ3n) is 3.77. The molecule has 0 aliphatic rings. The summed E-state index contributed by atoms with van der Waals surface area (Å²) in [5, 5.41) is 4.71. The van der Waals surface area contributed by atoms with E-state index >= 15 is 0 Å². The standard InChI is InChI=1S/C18H22N4OS/c1-13(21-24(23)18(2,3)4)15-12-16-19-10-11-22(16)20-17(15)14-8-6-5-7-9-14/h5-13,21H,1-4H3/t13?,24-/m0/s1. The van der Waals surface area contributed by atoms with Crippen LogP contribution in [0, 0.1) is 0 Å². The van der Waals surface area contributed by atoms with Crippen LogP contribution in [0.4, 0.5) is 0 Å². The van der Waals surface area contributed by atoms with Gasteiger partial charge in [-0.2, -0.15) is 5.10 Å². The van der Waals surface area contributed by atoms with Crippen LogP contribution in [0.5, 0.6) is 0 Å². The molecule has 0 fully saturated rings. The number of fused-ring (bicyclic) bond motifs is 1. The molecule has 3 rings (SSSR count). The Bertz CT molecular complexity index is 826. The Morgan fingerprint density at radius 3 is 2.58 bits per heavy atom. The maximum atomic E-state index is 12.5. The SMILES string of the molecule is CC(N[S@@+]([O-])C(C)(C)C)c1cc2nccn2nc1-c1ccccc1. The van der Waals surface area contributed by atoms with Gasteiger partial charge in [-0.1, -0.05) is 30.3 Å². The van der Waals surface area contributed by atoms with Crippen molar-refractivity contribution in [2.45, 2.75) is 38.5 Å². The van der Waals surface area contributed by atoms with Crippen molar-refractivity contribution in [2.24, 2.45) is 0 Å².